The van der Waals surface area contributed by atoms with Gasteiger partial charge in [-0.15, -0.1) is 0 Å². The third-order valence-electron chi connectivity index (χ3n) is 3.18. The number of nitrogens with two attached hydrogens (primary N) is 1. The van der Waals surface area contributed by atoms with Gasteiger partial charge in [-0.05, 0) is 43.5 Å². The molecule has 98 valence electrons. The Labute approximate surface area is 108 Å². The smallest absolute Gasteiger partial charge is 0.251 e. The lowest BCUT2D eigenvalue weighted by Crippen LogP contribution is -2.38. The molecule has 0 radical (unpaired) electrons. The molecule has 0 atom stereocenters. The minimum absolute atomic E-state index is 0.000714. The van der Waals surface area contributed by atoms with E-state index in [0.29, 0.717) is 12.1 Å². The van der Waals surface area contributed by atoms with Gasteiger partial charge in [0, 0.05) is 24.8 Å². The van der Waals surface area contributed by atoms with Crippen LogP contribution in [0.2, 0.25) is 0 Å². The summed E-state index contributed by atoms with van der Waals surface area (Å²) in [5.74, 6) is 0.000714. The third kappa shape index (κ3) is 3.55. The van der Waals surface area contributed by atoms with Gasteiger partial charge in [0.25, 0.3) is 5.91 Å². The van der Waals surface area contributed by atoms with Gasteiger partial charge in [0.05, 0.1) is 0 Å². The van der Waals surface area contributed by atoms with Gasteiger partial charge >= 0.3 is 0 Å². The second-order valence-electron chi connectivity index (χ2n) is 4.60. The van der Waals surface area contributed by atoms with Gasteiger partial charge in [-0.1, -0.05) is 12.1 Å². The van der Waals surface area contributed by atoms with Crippen LogP contribution in [-0.2, 0) is 11.2 Å². The summed E-state index contributed by atoms with van der Waals surface area (Å²) in [6.45, 7) is 2.07. The minimum Gasteiger partial charge on any atom is -0.381 e. The van der Waals surface area contributed by atoms with E-state index in [9.17, 15) is 4.79 Å². The van der Waals surface area contributed by atoms with Gasteiger partial charge in [-0.25, -0.2) is 0 Å². The highest BCUT2D eigenvalue weighted by Gasteiger charge is 2.16. The number of nitrogens with one attached hydrogen (secondary N) is 1. The van der Waals surface area contributed by atoms with E-state index in [-0.39, 0.29) is 11.9 Å². The normalized spacial score (nSPS) is 16.5. The zero-order valence-corrected chi connectivity index (χ0v) is 10.5. The van der Waals surface area contributed by atoms with Crippen molar-refractivity contribution in [2.75, 3.05) is 19.8 Å². The maximum atomic E-state index is 12.1. The highest BCUT2D eigenvalue weighted by molar-refractivity contribution is 5.94. The summed E-state index contributed by atoms with van der Waals surface area (Å²) in [6, 6.07) is 7.91. The number of benzene rings is 1. The van der Waals surface area contributed by atoms with Crippen molar-refractivity contribution in [3.05, 3.63) is 35.4 Å². The molecule has 1 aromatic carbocycles. The Morgan fingerprint density at radius 2 is 2.17 bits per heavy atom. The van der Waals surface area contributed by atoms with E-state index in [1.807, 2.05) is 24.3 Å². The first-order valence-corrected chi connectivity index (χ1v) is 6.47. The average molecular weight is 248 g/mol. The summed E-state index contributed by atoms with van der Waals surface area (Å²) in [7, 11) is 0. The Bertz CT molecular complexity index is 401. The molecule has 1 heterocycles. The Kier molecular flexibility index (Phi) is 4.73. The van der Waals surface area contributed by atoms with Crippen LogP contribution in [-0.4, -0.2) is 31.7 Å². The number of rotatable bonds is 4. The summed E-state index contributed by atoms with van der Waals surface area (Å²) < 4.78 is 5.27. The van der Waals surface area contributed by atoms with Crippen LogP contribution in [0.4, 0.5) is 0 Å². The number of carbonyl (C=O) groups is 1. The van der Waals surface area contributed by atoms with Crippen LogP contribution in [0, 0.1) is 0 Å². The summed E-state index contributed by atoms with van der Waals surface area (Å²) in [5, 5.41) is 3.05. The van der Waals surface area contributed by atoms with Crippen LogP contribution in [0.15, 0.2) is 24.3 Å². The Balaban J connectivity index is 1.96. The predicted octanol–water partition coefficient (Wildman–Crippen LogP) is 1.10. The van der Waals surface area contributed by atoms with Gasteiger partial charge in [0.15, 0.2) is 0 Å². The van der Waals surface area contributed by atoms with Crippen LogP contribution in [0.1, 0.15) is 28.8 Å². The number of hydrogen-bond donors (Lipinski definition) is 2. The first-order chi connectivity index (χ1) is 8.79. The number of ether oxygens (including phenoxy) is 1. The van der Waals surface area contributed by atoms with Gasteiger partial charge < -0.3 is 15.8 Å². The zero-order chi connectivity index (χ0) is 12.8. The molecule has 1 aliphatic heterocycles. The zero-order valence-electron chi connectivity index (χ0n) is 10.5. The fourth-order valence-corrected chi connectivity index (χ4v) is 2.15. The van der Waals surface area contributed by atoms with Crippen LogP contribution < -0.4 is 11.1 Å². The van der Waals surface area contributed by atoms with Crippen LogP contribution in [0.25, 0.3) is 0 Å². The maximum absolute atomic E-state index is 12.1. The molecule has 0 bridgehead atoms. The highest BCUT2D eigenvalue weighted by atomic mass is 16.5. The molecular formula is C14H20N2O2. The molecule has 0 saturated carbocycles. The van der Waals surface area contributed by atoms with E-state index in [2.05, 4.69) is 5.32 Å². The van der Waals surface area contributed by atoms with E-state index in [1.54, 1.807) is 0 Å². The molecule has 1 amide bonds. The Hall–Kier alpha value is -1.39. The van der Waals surface area contributed by atoms with Gasteiger partial charge in [0.2, 0.25) is 0 Å². The Morgan fingerprint density at radius 1 is 1.39 bits per heavy atom. The minimum atomic E-state index is 0.000714. The molecule has 0 aliphatic carbocycles. The second-order valence-corrected chi connectivity index (χ2v) is 4.60. The van der Waals surface area contributed by atoms with E-state index in [4.69, 9.17) is 10.5 Å². The molecule has 0 aromatic heterocycles. The number of amides is 1. The molecule has 1 aliphatic rings. The maximum Gasteiger partial charge on any atom is 0.251 e. The van der Waals surface area contributed by atoms with E-state index in [0.717, 1.165) is 38.0 Å². The fraction of sp³-hybridized carbons (Fsp3) is 0.500. The molecule has 4 heteroatoms. The number of hydrogen-bond acceptors (Lipinski definition) is 3. The lowest BCUT2D eigenvalue weighted by atomic mass is 10.1. The van der Waals surface area contributed by atoms with Crippen molar-refractivity contribution in [2.24, 2.45) is 5.73 Å². The third-order valence-corrected chi connectivity index (χ3v) is 3.18. The van der Waals surface area contributed by atoms with Crippen LogP contribution in [0.3, 0.4) is 0 Å². The van der Waals surface area contributed by atoms with Crippen molar-refractivity contribution < 1.29 is 9.53 Å². The van der Waals surface area contributed by atoms with Gasteiger partial charge in [-0.3, -0.25) is 4.79 Å². The molecular weight excluding hydrogens is 228 g/mol. The molecule has 4 nitrogen and oxygen atoms in total. The standard InChI is InChI=1S/C14H20N2O2/c15-7-4-11-2-1-3-12(10-11)14(17)16-13-5-8-18-9-6-13/h1-3,10,13H,4-9,15H2,(H,16,17). The molecule has 18 heavy (non-hydrogen) atoms. The van der Waals surface area contributed by atoms with Crippen molar-refractivity contribution in [1.82, 2.24) is 5.32 Å². The van der Waals surface area contributed by atoms with E-state index >= 15 is 0 Å². The second kappa shape index (κ2) is 6.52. The first-order valence-electron chi connectivity index (χ1n) is 6.47. The van der Waals surface area contributed by atoms with E-state index in [1.165, 1.54) is 0 Å². The quantitative estimate of drug-likeness (QED) is 0.838. The van der Waals surface area contributed by atoms with Crippen LogP contribution in [0.5, 0.6) is 0 Å². The summed E-state index contributed by atoms with van der Waals surface area (Å²) >= 11 is 0. The Morgan fingerprint density at radius 3 is 2.89 bits per heavy atom. The molecule has 3 N–H and O–H groups in total. The molecule has 0 spiro atoms. The molecule has 1 fully saturated rings. The molecule has 1 saturated heterocycles. The van der Waals surface area contributed by atoms with Crippen molar-refractivity contribution in [3.8, 4) is 0 Å². The topological polar surface area (TPSA) is 64.4 Å². The molecule has 2 rings (SSSR count). The summed E-state index contributed by atoms with van der Waals surface area (Å²) in [4.78, 5) is 12.1. The van der Waals surface area contributed by atoms with Gasteiger partial charge in [0.1, 0.15) is 0 Å². The highest BCUT2D eigenvalue weighted by Crippen LogP contribution is 2.09. The SMILES string of the molecule is NCCc1cccc(C(=O)NC2CCOCC2)c1. The molecule has 1 aromatic rings. The summed E-state index contributed by atoms with van der Waals surface area (Å²) in [5.41, 5.74) is 7.35. The van der Waals surface area contributed by atoms with E-state index < -0.39 is 0 Å². The van der Waals surface area contributed by atoms with Crippen LogP contribution >= 0.6 is 0 Å². The fourth-order valence-electron chi connectivity index (χ4n) is 2.15. The van der Waals surface area contributed by atoms with Crippen molar-refractivity contribution in [3.63, 3.8) is 0 Å². The van der Waals surface area contributed by atoms with Crippen molar-refractivity contribution in [1.29, 1.82) is 0 Å². The predicted molar refractivity (Wildman–Crippen MR) is 70.5 cm³/mol. The first kappa shape index (κ1) is 13.1. The van der Waals surface area contributed by atoms with Crippen molar-refractivity contribution >= 4 is 5.91 Å². The lowest BCUT2D eigenvalue weighted by Gasteiger charge is -2.23. The van der Waals surface area contributed by atoms with Crippen molar-refractivity contribution in [2.45, 2.75) is 25.3 Å². The van der Waals surface area contributed by atoms with Gasteiger partial charge in [-0.2, -0.15) is 0 Å². The monoisotopic (exact) mass is 248 g/mol. The molecule has 0 unspecified atom stereocenters. The average Bonchev–Trinajstić information content (AvgIpc) is 2.40. The number of carbonyl (C=O) groups excluding carboxylic acids is 1. The summed E-state index contributed by atoms with van der Waals surface area (Å²) in [6.07, 6.45) is 2.60. The largest absolute Gasteiger partial charge is 0.381 e. The lowest BCUT2D eigenvalue weighted by molar-refractivity contribution is 0.0696.